The summed E-state index contributed by atoms with van der Waals surface area (Å²) >= 11 is 0. The number of hydrogen-bond acceptors (Lipinski definition) is 3. The van der Waals surface area contributed by atoms with Gasteiger partial charge in [-0.1, -0.05) is 41.5 Å². The van der Waals surface area contributed by atoms with Crippen LogP contribution < -0.4 is 5.32 Å². The molecule has 0 aromatic carbocycles. The largest absolute Gasteiger partial charge is 0.317 e. The van der Waals surface area contributed by atoms with Gasteiger partial charge in [0, 0.05) is 16.8 Å². The molecule has 3 heteroatoms. The highest BCUT2D eigenvalue weighted by Crippen LogP contribution is 2.22. The van der Waals surface area contributed by atoms with Gasteiger partial charge in [0.2, 0.25) is 0 Å². The Morgan fingerprint density at radius 3 is 1.84 bits per heavy atom. The van der Waals surface area contributed by atoms with Crippen LogP contribution in [0.15, 0.2) is 0 Å². The summed E-state index contributed by atoms with van der Waals surface area (Å²) in [6.07, 6.45) is 3.00. The van der Waals surface area contributed by atoms with E-state index in [1.165, 1.54) is 17.0 Å². The number of hydrogen-bond donors (Lipinski definition) is 1. The van der Waals surface area contributed by atoms with E-state index in [1.807, 2.05) is 0 Å². The van der Waals surface area contributed by atoms with Gasteiger partial charge in [-0.15, -0.1) is 0 Å². The Balaban J connectivity index is 3.14. The Morgan fingerprint density at radius 2 is 1.47 bits per heavy atom. The summed E-state index contributed by atoms with van der Waals surface area (Å²) in [5, 5.41) is 3.39. The molecule has 1 aromatic rings. The highest BCUT2D eigenvalue weighted by atomic mass is 14.9. The molecule has 0 saturated heterocycles. The Morgan fingerprint density at radius 1 is 0.947 bits per heavy atom. The fourth-order valence-electron chi connectivity index (χ4n) is 2.18. The van der Waals surface area contributed by atoms with Crippen molar-refractivity contribution in [2.45, 2.75) is 66.2 Å². The lowest BCUT2D eigenvalue weighted by Crippen LogP contribution is -2.22. The van der Waals surface area contributed by atoms with Gasteiger partial charge in [-0.05, 0) is 37.9 Å². The lowest BCUT2D eigenvalue weighted by Gasteiger charge is -2.21. The summed E-state index contributed by atoms with van der Waals surface area (Å²) in [5.74, 6) is 0.980. The molecule has 0 spiro atoms. The van der Waals surface area contributed by atoms with Crippen molar-refractivity contribution in [3.8, 4) is 0 Å². The number of nitrogens with one attached hydrogen (secondary N) is 1. The third kappa shape index (κ3) is 4.27. The maximum Gasteiger partial charge on any atom is 0.134 e. The van der Waals surface area contributed by atoms with Crippen LogP contribution in [0.5, 0.6) is 0 Å². The SMILES string of the molecule is CCNCCc1c(CC)nc(C(C)(C)C)nc1CC. The van der Waals surface area contributed by atoms with Gasteiger partial charge in [0.25, 0.3) is 0 Å². The molecule has 0 unspecified atom stereocenters. The predicted octanol–water partition coefficient (Wildman–Crippen LogP) is 3.05. The number of rotatable bonds is 6. The zero-order valence-corrected chi connectivity index (χ0v) is 13.4. The molecule has 0 aliphatic carbocycles. The Kier molecular flexibility index (Phi) is 5.92. The fraction of sp³-hybridized carbons (Fsp3) is 0.750. The van der Waals surface area contributed by atoms with Gasteiger partial charge in [-0.2, -0.15) is 0 Å². The highest BCUT2D eigenvalue weighted by Gasteiger charge is 2.21. The van der Waals surface area contributed by atoms with Crippen molar-refractivity contribution in [2.24, 2.45) is 0 Å². The molecule has 19 heavy (non-hydrogen) atoms. The van der Waals surface area contributed by atoms with Crippen molar-refractivity contribution in [1.29, 1.82) is 0 Å². The van der Waals surface area contributed by atoms with Crippen molar-refractivity contribution in [1.82, 2.24) is 15.3 Å². The van der Waals surface area contributed by atoms with Gasteiger partial charge >= 0.3 is 0 Å². The van der Waals surface area contributed by atoms with Gasteiger partial charge in [0.15, 0.2) is 0 Å². The summed E-state index contributed by atoms with van der Waals surface area (Å²) in [6.45, 7) is 15.1. The molecule has 0 radical (unpaired) electrons. The van der Waals surface area contributed by atoms with Crippen LogP contribution in [0.2, 0.25) is 0 Å². The zero-order valence-electron chi connectivity index (χ0n) is 13.4. The van der Waals surface area contributed by atoms with Crippen molar-refractivity contribution in [2.75, 3.05) is 13.1 Å². The van der Waals surface area contributed by atoms with Crippen molar-refractivity contribution < 1.29 is 0 Å². The minimum Gasteiger partial charge on any atom is -0.317 e. The standard InChI is InChI=1S/C16H29N3/c1-7-13-12(10-11-17-9-3)14(8-2)19-15(18-13)16(4,5)6/h17H,7-11H2,1-6H3. The molecule has 0 saturated carbocycles. The molecule has 3 nitrogen and oxygen atoms in total. The van der Waals surface area contributed by atoms with E-state index < -0.39 is 0 Å². The van der Waals surface area contributed by atoms with E-state index in [0.717, 1.165) is 38.2 Å². The van der Waals surface area contributed by atoms with Crippen LogP contribution in [0.4, 0.5) is 0 Å². The molecule has 0 fully saturated rings. The topological polar surface area (TPSA) is 37.8 Å². The van der Waals surface area contributed by atoms with Crippen LogP contribution in [-0.2, 0) is 24.7 Å². The first-order valence-electron chi connectivity index (χ1n) is 7.53. The molecule has 0 bridgehead atoms. The summed E-state index contributed by atoms with van der Waals surface area (Å²) in [4.78, 5) is 9.62. The average molecular weight is 263 g/mol. The van der Waals surface area contributed by atoms with Gasteiger partial charge in [0.05, 0.1) is 0 Å². The lowest BCUT2D eigenvalue weighted by atomic mass is 9.94. The minimum absolute atomic E-state index is 0.0219. The van der Waals surface area contributed by atoms with E-state index in [2.05, 4.69) is 46.9 Å². The monoisotopic (exact) mass is 263 g/mol. The molecule has 0 atom stereocenters. The van der Waals surface area contributed by atoms with Crippen molar-refractivity contribution in [3.63, 3.8) is 0 Å². The molecule has 0 amide bonds. The van der Waals surface area contributed by atoms with Crippen LogP contribution in [0.25, 0.3) is 0 Å². The summed E-state index contributed by atoms with van der Waals surface area (Å²) in [7, 11) is 0. The Labute approximate surface area is 118 Å². The number of nitrogens with zero attached hydrogens (tertiary/aromatic N) is 2. The van der Waals surface area contributed by atoms with E-state index in [-0.39, 0.29) is 5.41 Å². The fourth-order valence-corrected chi connectivity index (χ4v) is 2.18. The van der Waals surface area contributed by atoms with Gasteiger partial charge < -0.3 is 5.32 Å². The van der Waals surface area contributed by atoms with E-state index >= 15 is 0 Å². The number of aryl methyl sites for hydroxylation is 2. The van der Waals surface area contributed by atoms with Crippen LogP contribution in [-0.4, -0.2) is 23.1 Å². The quantitative estimate of drug-likeness (QED) is 0.802. The third-order valence-electron chi connectivity index (χ3n) is 3.32. The third-order valence-corrected chi connectivity index (χ3v) is 3.32. The Hall–Kier alpha value is -0.960. The minimum atomic E-state index is 0.0219. The molecule has 0 aliphatic heterocycles. The average Bonchev–Trinajstić information content (AvgIpc) is 2.37. The van der Waals surface area contributed by atoms with E-state index in [1.54, 1.807) is 0 Å². The first kappa shape index (κ1) is 16.1. The second-order valence-electron chi connectivity index (χ2n) is 5.98. The molecule has 1 aromatic heterocycles. The van der Waals surface area contributed by atoms with E-state index in [0.29, 0.717) is 0 Å². The van der Waals surface area contributed by atoms with Crippen molar-refractivity contribution >= 4 is 0 Å². The molecule has 0 aliphatic rings. The molecule has 1 rings (SSSR count). The molecular formula is C16H29N3. The van der Waals surface area contributed by atoms with Gasteiger partial charge in [-0.3, -0.25) is 0 Å². The smallest absolute Gasteiger partial charge is 0.134 e. The maximum atomic E-state index is 4.81. The van der Waals surface area contributed by atoms with Crippen molar-refractivity contribution in [3.05, 3.63) is 22.8 Å². The van der Waals surface area contributed by atoms with Crippen LogP contribution in [0.1, 0.15) is 64.3 Å². The first-order valence-corrected chi connectivity index (χ1v) is 7.53. The van der Waals surface area contributed by atoms with Crippen LogP contribution >= 0.6 is 0 Å². The summed E-state index contributed by atoms with van der Waals surface area (Å²) in [6, 6.07) is 0. The normalized spacial score (nSPS) is 11.9. The Bertz CT molecular complexity index is 380. The second kappa shape index (κ2) is 6.99. The number of aromatic nitrogens is 2. The number of likely N-dealkylation sites (N-methyl/N-ethyl adjacent to an activating group) is 1. The van der Waals surface area contributed by atoms with Gasteiger partial charge in [-0.25, -0.2) is 9.97 Å². The van der Waals surface area contributed by atoms with Crippen LogP contribution in [0, 0.1) is 0 Å². The predicted molar refractivity (Wildman–Crippen MR) is 81.7 cm³/mol. The lowest BCUT2D eigenvalue weighted by molar-refractivity contribution is 0.534. The van der Waals surface area contributed by atoms with E-state index in [4.69, 9.17) is 9.97 Å². The summed E-state index contributed by atoms with van der Waals surface area (Å²) < 4.78 is 0. The van der Waals surface area contributed by atoms with Gasteiger partial charge in [0.1, 0.15) is 5.82 Å². The highest BCUT2D eigenvalue weighted by molar-refractivity contribution is 5.28. The molecule has 108 valence electrons. The summed E-state index contributed by atoms with van der Waals surface area (Å²) in [5.41, 5.74) is 3.84. The molecular weight excluding hydrogens is 234 g/mol. The molecule has 1 N–H and O–H groups in total. The zero-order chi connectivity index (χ0) is 14.5. The second-order valence-corrected chi connectivity index (χ2v) is 5.98. The first-order chi connectivity index (χ1) is 8.93. The molecule has 1 heterocycles. The van der Waals surface area contributed by atoms with E-state index in [9.17, 15) is 0 Å². The van der Waals surface area contributed by atoms with Crippen LogP contribution in [0.3, 0.4) is 0 Å². The maximum absolute atomic E-state index is 4.81.